The Labute approximate surface area is 153 Å². The van der Waals surface area contributed by atoms with Gasteiger partial charge < -0.3 is 9.80 Å². The van der Waals surface area contributed by atoms with Gasteiger partial charge in [0.15, 0.2) is 0 Å². The molecule has 0 unspecified atom stereocenters. The maximum absolute atomic E-state index is 13.1. The van der Waals surface area contributed by atoms with E-state index >= 15 is 0 Å². The van der Waals surface area contributed by atoms with Crippen LogP contribution in [0.2, 0.25) is 0 Å². The van der Waals surface area contributed by atoms with Crippen molar-refractivity contribution >= 4 is 21.8 Å². The zero-order chi connectivity index (χ0) is 19.1. The van der Waals surface area contributed by atoms with Gasteiger partial charge in [-0.3, -0.25) is 9.59 Å². The van der Waals surface area contributed by atoms with Crippen molar-refractivity contribution in [1.82, 2.24) is 24.1 Å². The SMILES string of the molecule is CN(C)C(=O)[C@]12CCS(=O)(=O)N(C)[C@@H]1CCN(C(=O)c1ncccn1)C2. The fraction of sp³-hybridized carbons (Fsp3) is 0.625. The highest BCUT2D eigenvalue weighted by Gasteiger charge is 2.57. The van der Waals surface area contributed by atoms with Crippen LogP contribution in [0.25, 0.3) is 0 Å². The molecule has 2 aliphatic heterocycles. The lowest BCUT2D eigenvalue weighted by molar-refractivity contribution is -0.147. The van der Waals surface area contributed by atoms with E-state index in [9.17, 15) is 18.0 Å². The molecule has 1 aromatic heterocycles. The molecule has 0 aromatic carbocycles. The molecule has 2 atom stereocenters. The summed E-state index contributed by atoms with van der Waals surface area (Å²) in [5.41, 5.74) is -0.952. The van der Waals surface area contributed by atoms with Gasteiger partial charge in [0.2, 0.25) is 21.8 Å². The summed E-state index contributed by atoms with van der Waals surface area (Å²) in [6.07, 6.45) is 3.58. The Hall–Kier alpha value is -2.07. The monoisotopic (exact) mass is 381 g/mol. The Balaban J connectivity index is 1.96. The van der Waals surface area contributed by atoms with E-state index in [1.807, 2.05) is 0 Å². The number of carbonyl (C=O) groups is 2. The highest BCUT2D eigenvalue weighted by molar-refractivity contribution is 7.89. The first-order valence-electron chi connectivity index (χ1n) is 8.43. The minimum atomic E-state index is -3.38. The van der Waals surface area contributed by atoms with Crippen LogP contribution in [-0.2, 0) is 14.8 Å². The highest BCUT2D eigenvalue weighted by Crippen LogP contribution is 2.43. The molecule has 0 aliphatic carbocycles. The van der Waals surface area contributed by atoms with Crippen LogP contribution in [0.4, 0.5) is 0 Å². The molecule has 2 amide bonds. The molecule has 2 fully saturated rings. The van der Waals surface area contributed by atoms with Crippen LogP contribution in [0.1, 0.15) is 23.5 Å². The predicted octanol–water partition coefficient (Wildman–Crippen LogP) is -0.569. The fourth-order valence-corrected chi connectivity index (χ4v) is 5.60. The minimum Gasteiger partial charge on any atom is -0.348 e. The van der Waals surface area contributed by atoms with E-state index in [2.05, 4.69) is 9.97 Å². The van der Waals surface area contributed by atoms with Gasteiger partial charge in [0.05, 0.1) is 11.2 Å². The third kappa shape index (κ3) is 2.96. The number of hydrogen-bond acceptors (Lipinski definition) is 6. The fourth-order valence-electron chi connectivity index (χ4n) is 3.99. The molecule has 0 radical (unpaired) electrons. The summed E-state index contributed by atoms with van der Waals surface area (Å²) in [4.78, 5) is 36.8. The minimum absolute atomic E-state index is 0.0789. The van der Waals surface area contributed by atoms with Crippen molar-refractivity contribution in [2.75, 3.05) is 40.0 Å². The van der Waals surface area contributed by atoms with Gasteiger partial charge in [-0.1, -0.05) is 0 Å². The summed E-state index contributed by atoms with van der Waals surface area (Å²) in [7, 11) is 1.44. The molecule has 0 bridgehead atoms. The molecular weight excluding hydrogens is 358 g/mol. The van der Waals surface area contributed by atoms with Gasteiger partial charge in [0.1, 0.15) is 0 Å². The Morgan fingerprint density at radius 2 is 1.92 bits per heavy atom. The van der Waals surface area contributed by atoms with E-state index in [4.69, 9.17) is 0 Å². The maximum Gasteiger partial charge on any atom is 0.291 e. The average Bonchev–Trinajstić information content (AvgIpc) is 2.64. The molecule has 0 N–H and O–H groups in total. The Morgan fingerprint density at radius 3 is 2.54 bits per heavy atom. The van der Waals surface area contributed by atoms with Crippen LogP contribution >= 0.6 is 0 Å². The van der Waals surface area contributed by atoms with Crippen molar-refractivity contribution in [3.63, 3.8) is 0 Å². The van der Waals surface area contributed by atoms with Crippen molar-refractivity contribution in [2.45, 2.75) is 18.9 Å². The van der Waals surface area contributed by atoms with Crippen LogP contribution in [0.5, 0.6) is 0 Å². The quantitative estimate of drug-likeness (QED) is 0.680. The van der Waals surface area contributed by atoms with Crippen LogP contribution in [0.15, 0.2) is 18.5 Å². The number of sulfonamides is 1. The van der Waals surface area contributed by atoms with Crippen molar-refractivity contribution in [3.8, 4) is 0 Å². The summed E-state index contributed by atoms with van der Waals surface area (Å²) in [6.45, 7) is 0.510. The first-order valence-corrected chi connectivity index (χ1v) is 10.0. The number of carbonyl (C=O) groups excluding carboxylic acids is 2. The molecule has 0 spiro atoms. The lowest BCUT2D eigenvalue weighted by atomic mass is 9.72. The summed E-state index contributed by atoms with van der Waals surface area (Å²) in [5.74, 6) is -0.527. The van der Waals surface area contributed by atoms with Crippen LogP contribution in [-0.4, -0.2) is 90.3 Å². The third-order valence-corrected chi connectivity index (χ3v) is 7.20. The van der Waals surface area contributed by atoms with Crippen LogP contribution in [0, 0.1) is 5.41 Å². The molecule has 3 rings (SSSR count). The van der Waals surface area contributed by atoms with Gasteiger partial charge in [-0.25, -0.2) is 22.7 Å². The van der Waals surface area contributed by atoms with Crippen molar-refractivity contribution < 1.29 is 18.0 Å². The molecule has 3 heterocycles. The molecule has 9 nitrogen and oxygen atoms in total. The van der Waals surface area contributed by atoms with Gasteiger partial charge >= 0.3 is 0 Å². The largest absolute Gasteiger partial charge is 0.348 e. The normalized spacial score (nSPS) is 28.3. The van der Waals surface area contributed by atoms with E-state index in [-0.39, 0.29) is 36.4 Å². The number of likely N-dealkylation sites (tertiary alicyclic amines) is 1. The summed E-state index contributed by atoms with van der Waals surface area (Å²) in [5, 5.41) is 0. The van der Waals surface area contributed by atoms with Gasteiger partial charge in [-0.05, 0) is 18.9 Å². The van der Waals surface area contributed by atoms with Gasteiger partial charge in [-0.15, -0.1) is 0 Å². The highest BCUT2D eigenvalue weighted by atomic mass is 32.2. The van der Waals surface area contributed by atoms with Crippen molar-refractivity contribution in [3.05, 3.63) is 24.3 Å². The number of piperidine rings is 1. The van der Waals surface area contributed by atoms with E-state index < -0.39 is 21.5 Å². The van der Waals surface area contributed by atoms with Gasteiger partial charge in [-0.2, -0.15) is 0 Å². The molecule has 2 aliphatic rings. The Kier molecular flexibility index (Phi) is 4.74. The topological polar surface area (TPSA) is 104 Å². The van der Waals surface area contributed by atoms with E-state index in [0.717, 1.165) is 0 Å². The van der Waals surface area contributed by atoms with Crippen molar-refractivity contribution in [1.29, 1.82) is 0 Å². The Bertz CT molecular complexity index is 813. The molecule has 2 saturated heterocycles. The lowest BCUT2D eigenvalue weighted by Gasteiger charge is -2.52. The predicted molar refractivity (Wildman–Crippen MR) is 93.6 cm³/mol. The number of nitrogens with zero attached hydrogens (tertiary/aromatic N) is 5. The smallest absolute Gasteiger partial charge is 0.291 e. The zero-order valence-corrected chi connectivity index (χ0v) is 15.9. The first kappa shape index (κ1) is 18.7. The number of fused-ring (bicyclic) bond motifs is 1. The molecule has 10 heteroatoms. The molecular formula is C16H23N5O4S. The number of rotatable bonds is 2. The second-order valence-corrected chi connectivity index (χ2v) is 9.19. The molecule has 1 aromatic rings. The van der Waals surface area contributed by atoms with E-state index in [0.29, 0.717) is 13.0 Å². The average molecular weight is 381 g/mol. The van der Waals surface area contributed by atoms with Gasteiger partial charge in [0, 0.05) is 52.7 Å². The van der Waals surface area contributed by atoms with Crippen LogP contribution in [0.3, 0.4) is 0 Å². The second kappa shape index (κ2) is 6.58. The standard InChI is InChI=1S/C16H23N5O4S/c1-19(2)15(23)16-6-10-26(24,25)20(3)12(16)5-9-21(11-16)14(22)13-17-7-4-8-18-13/h4,7-8,12H,5-6,9-11H2,1-3H3/t12-,16+/m1/s1. The summed E-state index contributed by atoms with van der Waals surface area (Å²) in [6, 6.07) is 1.16. The lowest BCUT2D eigenvalue weighted by Crippen LogP contribution is -2.67. The second-order valence-electron chi connectivity index (χ2n) is 7.04. The maximum atomic E-state index is 13.1. The van der Waals surface area contributed by atoms with Crippen molar-refractivity contribution in [2.24, 2.45) is 5.41 Å². The summed E-state index contributed by atoms with van der Waals surface area (Å²) < 4.78 is 25.9. The first-order chi connectivity index (χ1) is 12.2. The molecule has 142 valence electrons. The number of amides is 2. The number of hydrogen-bond donors (Lipinski definition) is 0. The number of aromatic nitrogens is 2. The summed E-state index contributed by atoms with van der Waals surface area (Å²) >= 11 is 0. The van der Waals surface area contributed by atoms with Crippen LogP contribution < -0.4 is 0 Å². The Morgan fingerprint density at radius 1 is 1.27 bits per heavy atom. The van der Waals surface area contributed by atoms with E-state index in [1.165, 1.54) is 28.6 Å². The molecule has 0 saturated carbocycles. The third-order valence-electron chi connectivity index (χ3n) is 5.34. The molecule has 26 heavy (non-hydrogen) atoms. The van der Waals surface area contributed by atoms with Gasteiger partial charge in [0.25, 0.3) is 5.91 Å². The van der Waals surface area contributed by atoms with E-state index in [1.54, 1.807) is 25.1 Å². The zero-order valence-electron chi connectivity index (χ0n) is 15.1.